The minimum atomic E-state index is -0.0741. The lowest BCUT2D eigenvalue weighted by molar-refractivity contribution is 0.0925. The van der Waals surface area contributed by atoms with Crippen molar-refractivity contribution in [3.63, 3.8) is 0 Å². The van der Waals surface area contributed by atoms with Crippen molar-refractivity contribution in [2.75, 3.05) is 0 Å². The molecule has 2 aromatic heterocycles. The average molecular weight is 329 g/mol. The smallest absolute Gasteiger partial charge is 0.271 e. The number of carbonyl (C=O) groups is 1. The van der Waals surface area contributed by atoms with E-state index in [2.05, 4.69) is 15.6 Å². The number of carbonyl (C=O) groups excluding carboxylic acids is 1. The Bertz CT molecular complexity index is 645. The second-order valence-corrected chi connectivity index (χ2v) is 5.48. The molecule has 4 heterocycles. The van der Waals surface area contributed by atoms with Gasteiger partial charge in [0.05, 0.1) is 11.7 Å². The zero-order valence-corrected chi connectivity index (χ0v) is 13.0. The highest BCUT2D eigenvalue weighted by molar-refractivity contribution is 5.92. The molecule has 1 amide bonds. The lowest BCUT2D eigenvalue weighted by Crippen LogP contribution is -2.43. The summed E-state index contributed by atoms with van der Waals surface area (Å²) in [4.78, 5) is 16.5. The van der Waals surface area contributed by atoms with Gasteiger partial charge in [0.25, 0.3) is 5.91 Å². The summed E-state index contributed by atoms with van der Waals surface area (Å²) in [5.74, 6) is -0.0741. The molecule has 0 aliphatic carbocycles. The first kappa shape index (κ1) is 16.1. The molecule has 2 aromatic rings. The summed E-state index contributed by atoms with van der Waals surface area (Å²) in [5, 5.41) is 6.63. The van der Waals surface area contributed by atoms with Crippen molar-refractivity contribution < 1.29 is 4.79 Å². The van der Waals surface area contributed by atoms with E-state index < -0.39 is 0 Å². The van der Waals surface area contributed by atoms with E-state index in [1.807, 2.05) is 22.7 Å². The van der Waals surface area contributed by atoms with E-state index in [9.17, 15) is 4.79 Å². The van der Waals surface area contributed by atoms with Crippen LogP contribution in [0.25, 0.3) is 5.52 Å². The van der Waals surface area contributed by atoms with Gasteiger partial charge in [0, 0.05) is 30.5 Å². The van der Waals surface area contributed by atoms with Gasteiger partial charge in [-0.15, -0.1) is 24.8 Å². The molecule has 2 aliphatic rings. The van der Waals surface area contributed by atoms with Gasteiger partial charge in [-0.05, 0) is 31.4 Å². The van der Waals surface area contributed by atoms with Crippen LogP contribution in [0, 0.1) is 0 Å². The van der Waals surface area contributed by atoms with Crippen LogP contribution in [0.5, 0.6) is 0 Å². The number of nitrogens with zero attached hydrogens (tertiary/aromatic N) is 2. The van der Waals surface area contributed by atoms with Crippen LogP contribution < -0.4 is 10.6 Å². The molecule has 0 spiro atoms. The van der Waals surface area contributed by atoms with Crippen molar-refractivity contribution in [2.45, 2.75) is 37.4 Å². The van der Waals surface area contributed by atoms with Gasteiger partial charge in [0.2, 0.25) is 0 Å². The quantitative estimate of drug-likeness (QED) is 0.883. The van der Waals surface area contributed by atoms with Crippen molar-refractivity contribution in [3.05, 3.63) is 36.4 Å². The molecule has 2 bridgehead atoms. The van der Waals surface area contributed by atoms with Crippen LogP contribution in [0.3, 0.4) is 0 Å². The molecule has 2 saturated heterocycles. The molecule has 0 radical (unpaired) electrons. The highest BCUT2D eigenvalue weighted by atomic mass is 35.5. The van der Waals surface area contributed by atoms with E-state index in [-0.39, 0.29) is 36.8 Å². The summed E-state index contributed by atoms with van der Waals surface area (Å²) in [7, 11) is 0. The molecule has 3 atom stereocenters. The number of halogens is 2. The van der Waals surface area contributed by atoms with E-state index in [1.54, 1.807) is 12.4 Å². The largest absolute Gasteiger partial charge is 0.346 e. The molecule has 2 fully saturated rings. The molecular formula is C14H18Cl2N4O. The van der Waals surface area contributed by atoms with Gasteiger partial charge in [-0.3, -0.25) is 4.79 Å². The fourth-order valence-corrected chi connectivity index (χ4v) is 3.28. The number of nitrogens with one attached hydrogen (secondary N) is 2. The Hall–Kier alpha value is -1.30. The number of amides is 1. The molecule has 0 saturated carbocycles. The summed E-state index contributed by atoms with van der Waals surface area (Å²) in [5.41, 5.74) is 1.48. The highest BCUT2D eigenvalue weighted by Gasteiger charge is 2.39. The number of fused-ring (bicyclic) bond motifs is 3. The zero-order valence-electron chi connectivity index (χ0n) is 11.4. The van der Waals surface area contributed by atoms with Gasteiger partial charge in [-0.2, -0.15) is 0 Å². The minimum Gasteiger partial charge on any atom is -0.346 e. The molecule has 114 valence electrons. The Morgan fingerprint density at radius 3 is 2.95 bits per heavy atom. The number of hydrogen-bond donors (Lipinski definition) is 2. The third kappa shape index (κ3) is 2.86. The van der Waals surface area contributed by atoms with Crippen LogP contribution in [0.1, 0.15) is 29.8 Å². The van der Waals surface area contributed by atoms with Crippen molar-refractivity contribution in [1.82, 2.24) is 20.0 Å². The zero-order chi connectivity index (χ0) is 12.8. The second-order valence-electron chi connectivity index (χ2n) is 5.48. The first-order valence-corrected chi connectivity index (χ1v) is 6.79. The molecule has 5 nitrogen and oxygen atoms in total. The van der Waals surface area contributed by atoms with Gasteiger partial charge >= 0.3 is 0 Å². The van der Waals surface area contributed by atoms with Crippen LogP contribution in [0.15, 0.2) is 30.7 Å². The van der Waals surface area contributed by atoms with E-state index in [1.165, 1.54) is 12.8 Å². The van der Waals surface area contributed by atoms with Crippen LogP contribution in [-0.4, -0.2) is 33.4 Å². The molecular weight excluding hydrogens is 311 g/mol. The third-order valence-electron chi connectivity index (χ3n) is 4.26. The normalized spacial score (nSPS) is 26.2. The van der Waals surface area contributed by atoms with Gasteiger partial charge in [-0.25, -0.2) is 4.98 Å². The van der Waals surface area contributed by atoms with Crippen LogP contribution >= 0.6 is 24.8 Å². The first-order chi connectivity index (χ1) is 9.29. The summed E-state index contributed by atoms with van der Waals surface area (Å²) in [6.07, 6.45) is 8.89. The molecule has 4 rings (SSSR count). The van der Waals surface area contributed by atoms with Gasteiger partial charge in [0.1, 0.15) is 5.69 Å². The number of rotatable bonds is 2. The maximum Gasteiger partial charge on any atom is 0.271 e. The fourth-order valence-electron chi connectivity index (χ4n) is 3.28. The maximum absolute atomic E-state index is 12.2. The molecule has 0 aromatic carbocycles. The van der Waals surface area contributed by atoms with E-state index in [4.69, 9.17) is 0 Å². The minimum absolute atomic E-state index is 0. The molecule has 21 heavy (non-hydrogen) atoms. The monoisotopic (exact) mass is 328 g/mol. The predicted molar refractivity (Wildman–Crippen MR) is 85.5 cm³/mol. The molecule has 2 unspecified atom stereocenters. The van der Waals surface area contributed by atoms with Crippen molar-refractivity contribution in [3.8, 4) is 0 Å². The van der Waals surface area contributed by atoms with Gasteiger partial charge < -0.3 is 15.0 Å². The van der Waals surface area contributed by atoms with E-state index in [0.29, 0.717) is 17.8 Å². The standard InChI is InChI=1S/C14H16N4O.2ClH/c19-14(17-12-6-9-3-4-11(12)16-9)13-8-18-5-1-2-10(18)7-15-13;;/h1-2,5,7-9,11-12,16H,3-4,6H2,(H,17,19);2*1H/t9?,11?,12-;;/m1../s1. The second kappa shape index (κ2) is 6.22. The third-order valence-corrected chi connectivity index (χ3v) is 4.26. The summed E-state index contributed by atoms with van der Waals surface area (Å²) in [6.45, 7) is 0. The Balaban J connectivity index is 0.000000807. The number of hydrogen-bond acceptors (Lipinski definition) is 3. The van der Waals surface area contributed by atoms with E-state index >= 15 is 0 Å². The SMILES string of the molecule is Cl.Cl.O=C(N[C@@H]1CC2CCC1N2)c1cn2cccc2cn1. The fraction of sp³-hybridized carbons (Fsp3) is 0.429. The number of aromatic nitrogens is 2. The Morgan fingerprint density at radius 1 is 1.38 bits per heavy atom. The Labute approximate surface area is 135 Å². The predicted octanol–water partition coefficient (Wildman–Crippen LogP) is 1.80. The van der Waals surface area contributed by atoms with Gasteiger partial charge in [0.15, 0.2) is 0 Å². The Morgan fingerprint density at radius 2 is 2.24 bits per heavy atom. The topological polar surface area (TPSA) is 58.4 Å². The van der Waals surface area contributed by atoms with Gasteiger partial charge in [-0.1, -0.05) is 0 Å². The van der Waals surface area contributed by atoms with Crippen molar-refractivity contribution in [2.24, 2.45) is 0 Å². The molecule has 2 N–H and O–H groups in total. The lowest BCUT2D eigenvalue weighted by Gasteiger charge is -2.21. The highest BCUT2D eigenvalue weighted by Crippen LogP contribution is 2.28. The first-order valence-electron chi connectivity index (χ1n) is 6.79. The average Bonchev–Trinajstić information content (AvgIpc) is 3.13. The van der Waals surface area contributed by atoms with Crippen LogP contribution in [0.4, 0.5) is 0 Å². The van der Waals surface area contributed by atoms with Crippen LogP contribution in [-0.2, 0) is 0 Å². The maximum atomic E-state index is 12.2. The summed E-state index contributed by atoms with van der Waals surface area (Å²) >= 11 is 0. The summed E-state index contributed by atoms with van der Waals surface area (Å²) in [6, 6.07) is 5.21. The lowest BCUT2D eigenvalue weighted by atomic mass is 9.95. The molecule has 7 heteroatoms. The van der Waals surface area contributed by atoms with Crippen LogP contribution in [0.2, 0.25) is 0 Å². The van der Waals surface area contributed by atoms with Crippen molar-refractivity contribution in [1.29, 1.82) is 0 Å². The summed E-state index contributed by atoms with van der Waals surface area (Å²) < 4.78 is 1.92. The Kier molecular flexibility index (Phi) is 4.76. The van der Waals surface area contributed by atoms with Crippen molar-refractivity contribution >= 4 is 36.2 Å². The molecule has 2 aliphatic heterocycles. The van der Waals surface area contributed by atoms with E-state index in [0.717, 1.165) is 11.9 Å².